The fourth-order valence-electron chi connectivity index (χ4n) is 17.1. The van der Waals surface area contributed by atoms with Gasteiger partial charge in [-0.1, -0.05) is 284 Å². The molecule has 0 unspecified atom stereocenters. The Morgan fingerprint density at radius 2 is 0.819 bits per heavy atom. The first kappa shape index (κ1) is 54.8. The normalized spacial score (nSPS) is 13.7. The van der Waals surface area contributed by atoms with Crippen LogP contribution in [0.3, 0.4) is 0 Å². The zero-order chi connectivity index (χ0) is 76.7. The standard InChI is InChI=1S/C99H72BN5/c1-98(2,3)71-56-77(64-32-14-8-15-33-64)93(78(57-71)65-34-16-9-17-35-65)104-88-52-48-70(68-40-28-29-62(53-68)61-101)55-83(88)100-82-50-49-73(102-84-44-25-22-41-74(84)81-54-69(47-51-87(81)102)63-30-12-7-13-31-63)60-89(82)105(94-79(66-36-18-10-19-37-66)58-72(99(4,5)6)59-80(94)67-38-20-11-21-39-67)97-91-76-43-24-27-46-86(76)103-85-45-26-23-42-75(85)90(95(91)103)96(104)92(97)100/h7-60H,1-6H3/i22D,25D,41D,44D,47D,51D,54D. The van der Waals surface area contributed by atoms with Crippen LogP contribution in [0.2, 0.25) is 0 Å². The maximum Gasteiger partial charge on any atom is 0.252 e. The first-order valence-electron chi connectivity index (χ1n) is 39.6. The molecule has 5 nitrogen and oxygen atoms in total. The number of nitrogens with zero attached hydrogens (tertiary/aromatic N) is 5. The van der Waals surface area contributed by atoms with Crippen LogP contribution in [0.5, 0.6) is 0 Å². The first-order valence-corrected chi connectivity index (χ1v) is 36.1. The highest BCUT2D eigenvalue weighted by molar-refractivity contribution is 7.01. The molecule has 0 radical (unpaired) electrons. The molecule has 0 N–H and O–H groups in total. The summed E-state index contributed by atoms with van der Waals surface area (Å²) in [6.45, 7) is 13.1. The van der Waals surface area contributed by atoms with Crippen LogP contribution >= 0.6 is 0 Å². The van der Waals surface area contributed by atoms with E-state index in [2.05, 4.69) is 292 Å². The molecular weight excluding hydrogens is 1270 g/mol. The van der Waals surface area contributed by atoms with Crippen molar-refractivity contribution < 1.29 is 9.60 Å². The Hall–Kier alpha value is -12.9. The van der Waals surface area contributed by atoms with Gasteiger partial charge >= 0.3 is 0 Å². The van der Waals surface area contributed by atoms with Gasteiger partial charge in [-0.25, -0.2) is 0 Å². The number of anilines is 6. The summed E-state index contributed by atoms with van der Waals surface area (Å²) in [7, 11) is 0. The quantitative estimate of drug-likeness (QED) is 0.135. The molecule has 0 saturated carbocycles. The molecule has 0 aliphatic carbocycles. The molecule has 0 fully saturated rings. The minimum atomic E-state index is -0.607. The topological polar surface area (TPSA) is 39.6 Å². The largest absolute Gasteiger partial charge is 0.309 e. The second-order valence-corrected chi connectivity index (χ2v) is 30.1. The number of hydrogen-bond acceptors (Lipinski definition) is 3. The number of nitriles is 1. The molecule has 0 atom stereocenters. The van der Waals surface area contributed by atoms with Gasteiger partial charge in [-0.05, 0) is 168 Å². The molecule has 496 valence electrons. The lowest BCUT2D eigenvalue weighted by molar-refractivity contribution is 0.590. The number of hydrogen-bond donors (Lipinski definition) is 0. The minimum Gasteiger partial charge on any atom is -0.309 e. The average Bonchev–Trinajstić information content (AvgIpc) is 1.43. The summed E-state index contributed by atoms with van der Waals surface area (Å²) < 4.78 is 73.8. The number of para-hydroxylation sites is 3. The molecule has 5 heterocycles. The van der Waals surface area contributed by atoms with Crippen LogP contribution in [-0.4, -0.2) is 15.7 Å². The van der Waals surface area contributed by atoms with Gasteiger partial charge in [0.1, 0.15) is 0 Å². The third-order valence-electron chi connectivity index (χ3n) is 21.9. The van der Waals surface area contributed by atoms with E-state index in [1.807, 2.05) is 54.6 Å². The molecule has 0 saturated heterocycles. The van der Waals surface area contributed by atoms with Crippen molar-refractivity contribution in [1.82, 2.24) is 8.97 Å². The van der Waals surface area contributed by atoms with Gasteiger partial charge in [-0.3, -0.25) is 0 Å². The Bertz CT molecular complexity index is 6940. The van der Waals surface area contributed by atoms with Crippen LogP contribution < -0.4 is 26.2 Å². The van der Waals surface area contributed by atoms with E-state index in [9.17, 15) is 14.9 Å². The smallest absolute Gasteiger partial charge is 0.252 e. The maximum absolute atomic E-state index is 10.7. The third-order valence-corrected chi connectivity index (χ3v) is 21.9. The summed E-state index contributed by atoms with van der Waals surface area (Å²) in [6.07, 6.45) is 0. The Balaban J connectivity index is 1.05. The molecule has 15 aromatic carbocycles. The van der Waals surface area contributed by atoms with E-state index >= 15 is 0 Å². The Kier molecular flexibility index (Phi) is 12.3. The number of fused-ring (bicyclic) bond motifs is 15. The third kappa shape index (κ3) is 9.55. The van der Waals surface area contributed by atoms with E-state index in [0.29, 0.717) is 16.8 Å². The van der Waals surface area contributed by atoms with Crippen LogP contribution in [0.15, 0.2) is 327 Å². The van der Waals surface area contributed by atoms with Crippen molar-refractivity contribution in [3.8, 4) is 78.5 Å². The Morgan fingerprint density at radius 3 is 1.34 bits per heavy atom. The highest BCUT2D eigenvalue weighted by Crippen LogP contribution is 2.60. The van der Waals surface area contributed by atoms with Gasteiger partial charge in [-0.2, -0.15) is 5.26 Å². The highest BCUT2D eigenvalue weighted by atomic mass is 15.2. The van der Waals surface area contributed by atoms with Crippen molar-refractivity contribution in [1.29, 1.82) is 5.26 Å². The molecule has 6 heteroatoms. The van der Waals surface area contributed by atoms with Crippen molar-refractivity contribution in [2.45, 2.75) is 52.4 Å². The van der Waals surface area contributed by atoms with Crippen molar-refractivity contribution in [3.63, 3.8) is 0 Å². The molecule has 0 bridgehead atoms. The van der Waals surface area contributed by atoms with Crippen molar-refractivity contribution in [2.75, 3.05) is 9.80 Å². The van der Waals surface area contributed by atoms with E-state index in [-0.39, 0.29) is 68.4 Å². The monoisotopic (exact) mass is 1350 g/mol. The predicted molar refractivity (Wildman–Crippen MR) is 444 cm³/mol. The van der Waals surface area contributed by atoms with Crippen LogP contribution in [-0.2, 0) is 10.8 Å². The van der Waals surface area contributed by atoms with Crippen LogP contribution in [0.1, 0.15) is 67.8 Å². The van der Waals surface area contributed by atoms with E-state index < -0.39 is 18.8 Å². The summed E-state index contributed by atoms with van der Waals surface area (Å²) >= 11 is 0. The highest BCUT2D eigenvalue weighted by Gasteiger charge is 2.49. The lowest BCUT2D eigenvalue weighted by Gasteiger charge is -2.46. The lowest BCUT2D eigenvalue weighted by atomic mass is 9.33. The Labute approximate surface area is 622 Å². The second kappa shape index (κ2) is 23.6. The summed E-state index contributed by atoms with van der Waals surface area (Å²) in [5, 5.41) is 15.1. The molecular formula is C99H72BN5. The molecule has 18 aromatic rings. The zero-order valence-corrected chi connectivity index (χ0v) is 58.9. The fourth-order valence-corrected chi connectivity index (χ4v) is 17.1. The summed E-state index contributed by atoms with van der Waals surface area (Å²) in [5.41, 5.74) is 24.9. The summed E-state index contributed by atoms with van der Waals surface area (Å²) in [6, 6.07) is 101. The molecule has 2 aliphatic heterocycles. The van der Waals surface area contributed by atoms with Crippen molar-refractivity contribution in [3.05, 3.63) is 344 Å². The van der Waals surface area contributed by atoms with Gasteiger partial charge in [0.15, 0.2) is 0 Å². The lowest BCUT2D eigenvalue weighted by Crippen LogP contribution is -2.61. The van der Waals surface area contributed by atoms with Gasteiger partial charge in [0.05, 0.1) is 71.6 Å². The Morgan fingerprint density at radius 1 is 0.352 bits per heavy atom. The number of rotatable bonds is 9. The second-order valence-electron chi connectivity index (χ2n) is 30.1. The van der Waals surface area contributed by atoms with Crippen molar-refractivity contribution >= 4 is 117 Å². The van der Waals surface area contributed by atoms with E-state index in [0.717, 1.165) is 150 Å². The van der Waals surface area contributed by atoms with Crippen LogP contribution in [0.25, 0.3) is 132 Å². The summed E-state index contributed by atoms with van der Waals surface area (Å²) in [4.78, 5) is 5.16. The van der Waals surface area contributed by atoms with E-state index in [1.165, 1.54) is 5.56 Å². The maximum atomic E-state index is 10.7. The molecule has 3 aromatic heterocycles. The van der Waals surface area contributed by atoms with Gasteiger partial charge in [0.2, 0.25) is 0 Å². The van der Waals surface area contributed by atoms with Crippen LogP contribution in [0.4, 0.5) is 34.1 Å². The minimum absolute atomic E-state index is 0.0876. The fraction of sp³-hybridized carbons (Fsp3) is 0.0808. The first-order chi connectivity index (χ1) is 54.3. The number of aromatic nitrogens is 2. The van der Waals surface area contributed by atoms with Gasteiger partial charge in [-0.15, -0.1) is 0 Å². The van der Waals surface area contributed by atoms with Crippen LogP contribution in [0, 0.1) is 11.3 Å². The van der Waals surface area contributed by atoms with Gasteiger partial charge in [0, 0.05) is 71.6 Å². The van der Waals surface area contributed by atoms with Crippen molar-refractivity contribution in [2.24, 2.45) is 0 Å². The molecule has 0 amide bonds. The predicted octanol–water partition coefficient (Wildman–Crippen LogP) is 24.5. The van der Waals surface area contributed by atoms with Gasteiger partial charge < -0.3 is 18.8 Å². The molecule has 2 aliphatic rings. The molecule has 0 spiro atoms. The number of benzene rings is 15. The van der Waals surface area contributed by atoms with E-state index in [1.54, 1.807) is 4.57 Å². The summed E-state index contributed by atoms with van der Waals surface area (Å²) in [5.74, 6) is 0. The zero-order valence-electron chi connectivity index (χ0n) is 65.9. The van der Waals surface area contributed by atoms with E-state index in [4.69, 9.17) is 0 Å². The van der Waals surface area contributed by atoms with Gasteiger partial charge in [0.25, 0.3) is 6.71 Å². The molecule has 20 rings (SSSR count). The SMILES string of the molecule is [2H]c1c([2H])c([2H])c2c(c1[2H])c1c([2H])c(-c3ccccc3)c([2H])c([2H])c1n2-c1ccc2c(c1)N(c1c(-c3ccccc3)cc(C(C)(C)C)cc1-c1ccccc1)c1c3c(c4c5ccccc5n5c6ccccc6c1c45)N(c1c(-c4ccccc4)cc(C(C)(C)C)cc1-c1ccccc1)c1ccc(-c4cccc(C#N)c4)cc1B23. The average molecular weight is 1350 g/mol. The molecule has 105 heavy (non-hydrogen) atoms.